The minimum absolute atomic E-state index is 0.0131. The van der Waals surface area contributed by atoms with Gasteiger partial charge >= 0.3 is 0 Å². The molecule has 0 fully saturated rings. The second-order valence-corrected chi connectivity index (χ2v) is 19.8. The summed E-state index contributed by atoms with van der Waals surface area (Å²) >= 11 is 0. The molecule has 2 nitrogen and oxygen atoms in total. The second-order valence-electron chi connectivity index (χ2n) is 16.1. The van der Waals surface area contributed by atoms with Crippen molar-refractivity contribution in [1.29, 1.82) is 0 Å². The van der Waals surface area contributed by atoms with Crippen molar-refractivity contribution in [3.05, 3.63) is 224 Å². The molecule has 9 aromatic carbocycles. The summed E-state index contributed by atoms with van der Waals surface area (Å²) in [5, 5.41) is 5.75. The Balaban J connectivity index is 1.24. The third-order valence-electron chi connectivity index (χ3n) is 12.9. The van der Waals surface area contributed by atoms with E-state index in [1.54, 1.807) is 0 Å². The van der Waals surface area contributed by atoms with Crippen molar-refractivity contribution < 1.29 is 0 Å². The standard InChI is InChI=1S/C55H39BN2Si/c1-38-34-51-55-52(35-38)58(48-31-17-14-28-43(48)39-20-6-2-7-21-39)50-36-45-44-29-15-19-33-53(44)59(41-24-10-4-11-25-41,42-26-12-5-13-27-42)54(45)37-47(50)56(55)46-30-16-18-32-49(46)57(51)40-22-8-3-9-23-40/h2-37H,1H3. The number of nitrogens with zero attached hydrogens (tertiary/aromatic N) is 2. The lowest BCUT2D eigenvalue weighted by atomic mass is 9.33. The molecule has 0 saturated heterocycles. The second kappa shape index (κ2) is 13.2. The Morgan fingerprint density at radius 3 is 1.61 bits per heavy atom. The van der Waals surface area contributed by atoms with Gasteiger partial charge in [0.1, 0.15) is 0 Å². The molecular formula is C55H39BN2Si. The number of benzene rings is 9. The Morgan fingerprint density at radius 1 is 0.373 bits per heavy atom. The van der Waals surface area contributed by atoms with Crippen LogP contribution in [0.25, 0.3) is 22.3 Å². The van der Waals surface area contributed by atoms with E-state index in [1.807, 2.05) is 0 Å². The molecule has 4 heteroatoms. The van der Waals surface area contributed by atoms with E-state index in [2.05, 4.69) is 235 Å². The minimum Gasteiger partial charge on any atom is -0.311 e. The predicted molar refractivity (Wildman–Crippen MR) is 253 cm³/mol. The first-order chi connectivity index (χ1) is 29.2. The highest BCUT2D eigenvalue weighted by atomic mass is 28.3. The first kappa shape index (κ1) is 34.0. The molecule has 276 valence electrons. The van der Waals surface area contributed by atoms with E-state index < -0.39 is 8.07 Å². The van der Waals surface area contributed by atoms with Crippen LogP contribution in [0, 0.1) is 6.92 Å². The van der Waals surface area contributed by atoms with Crippen LogP contribution < -0.4 is 46.9 Å². The number of anilines is 6. The molecule has 3 heterocycles. The first-order valence-electron chi connectivity index (χ1n) is 20.6. The van der Waals surface area contributed by atoms with Crippen LogP contribution in [0.5, 0.6) is 0 Å². The number of para-hydroxylation sites is 3. The number of hydrogen-bond donors (Lipinski definition) is 0. The molecule has 9 aromatic rings. The van der Waals surface area contributed by atoms with Gasteiger partial charge in [-0.3, -0.25) is 0 Å². The highest BCUT2D eigenvalue weighted by Crippen LogP contribution is 2.47. The van der Waals surface area contributed by atoms with E-state index in [1.165, 1.54) is 93.4 Å². The van der Waals surface area contributed by atoms with Gasteiger partial charge < -0.3 is 9.80 Å². The maximum atomic E-state index is 2.67. The lowest BCUT2D eigenvalue weighted by Crippen LogP contribution is -2.73. The Bertz CT molecular complexity index is 3040. The first-order valence-corrected chi connectivity index (χ1v) is 22.6. The van der Waals surface area contributed by atoms with Crippen molar-refractivity contribution in [2.75, 3.05) is 9.80 Å². The molecule has 0 atom stereocenters. The average molecular weight is 767 g/mol. The fraction of sp³-hybridized carbons (Fsp3) is 0.0182. The van der Waals surface area contributed by atoms with Crippen LogP contribution >= 0.6 is 0 Å². The molecule has 0 unspecified atom stereocenters. The van der Waals surface area contributed by atoms with Crippen LogP contribution in [0.15, 0.2) is 218 Å². The molecule has 12 rings (SSSR count). The van der Waals surface area contributed by atoms with Gasteiger partial charge in [-0.15, -0.1) is 0 Å². The Kier molecular flexibility index (Phi) is 7.60. The maximum absolute atomic E-state index is 2.78. The highest BCUT2D eigenvalue weighted by molar-refractivity contribution is 7.22. The normalized spacial score (nSPS) is 13.9. The monoisotopic (exact) mass is 766 g/mol. The lowest BCUT2D eigenvalue weighted by Gasteiger charge is -2.45. The van der Waals surface area contributed by atoms with Crippen molar-refractivity contribution in [1.82, 2.24) is 0 Å². The molecule has 0 radical (unpaired) electrons. The molecule has 0 saturated carbocycles. The van der Waals surface area contributed by atoms with E-state index in [0.717, 1.165) is 5.69 Å². The topological polar surface area (TPSA) is 6.48 Å². The zero-order chi connectivity index (χ0) is 39.1. The summed E-state index contributed by atoms with van der Waals surface area (Å²) in [7, 11) is -2.78. The van der Waals surface area contributed by atoms with Gasteiger partial charge in [-0.25, -0.2) is 0 Å². The summed E-state index contributed by atoms with van der Waals surface area (Å²) in [5.41, 5.74) is 17.6. The van der Waals surface area contributed by atoms with Crippen LogP contribution in [0.1, 0.15) is 5.56 Å². The van der Waals surface area contributed by atoms with E-state index in [4.69, 9.17) is 0 Å². The van der Waals surface area contributed by atoms with E-state index in [0.29, 0.717) is 0 Å². The smallest absolute Gasteiger partial charge is 0.252 e. The molecular weight excluding hydrogens is 728 g/mol. The van der Waals surface area contributed by atoms with E-state index in [-0.39, 0.29) is 6.71 Å². The molecule has 0 amide bonds. The van der Waals surface area contributed by atoms with E-state index >= 15 is 0 Å². The molecule has 59 heavy (non-hydrogen) atoms. The van der Waals surface area contributed by atoms with Gasteiger partial charge in [0.15, 0.2) is 8.07 Å². The quantitative estimate of drug-likeness (QED) is 0.162. The van der Waals surface area contributed by atoms with Gasteiger partial charge in [-0.1, -0.05) is 176 Å². The summed E-state index contributed by atoms with van der Waals surface area (Å²) in [6.07, 6.45) is 0. The number of hydrogen-bond acceptors (Lipinski definition) is 2. The lowest BCUT2D eigenvalue weighted by molar-refractivity contribution is 1.24. The van der Waals surface area contributed by atoms with Crippen LogP contribution in [-0.2, 0) is 0 Å². The fourth-order valence-electron chi connectivity index (χ4n) is 10.7. The maximum Gasteiger partial charge on any atom is 0.252 e. The number of fused-ring (bicyclic) bond motifs is 7. The molecule has 0 aromatic heterocycles. The van der Waals surface area contributed by atoms with Crippen molar-refractivity contribution in [3.8, 4) is 22.3 Å². The van der Waals surface area contributed by atoms with Crippen molar-refractivity contribution in [2.45, 2.75) is 6.92 Å². The van der Waals surface area contributed by atoms with Gasteiger partial charge in [0, 0.05) is 34.0 Å². The zero-order valence-corrected chi connectivity index (χ0v) is 33.8. The van der Waals surface area contributed by atoms with Crippen LogP contribution in [0.2, 0.25) is 0 Å². The van der Waals surface area contributed by atoms with Gasteiger partial charge in [0.25, 0.3) is 6.71 Å². The summed E-state index contributed by atoms with van der Waals surface area (Å²) in [6, 6.07) is 82.1. The van der Waals surface area contributed by atoms with Crippen LogP contribution in [0.3, 0.4) is 0 Å². The Hall–Kier alpha value is -7.14. The Labute approximate surface area is 347 Å². The average Bonchev–Trinajstić information content (AvgIpc) is 3.59. The number of aryl methyl sites for hydroxylation is 1. The van der Waals surface area contributed by atoms with Crippen molar-refractivity contribution in [2.24, 2.45) is 0 Å². The summed E-state index contributed by atoms with van der Waals surface area (Å²) < 4.78 is 0. The van der Waals surface area contributed by atoms with Gasteiger partial charge in [0.2, 0.25) is 0 Å². The minimum atomic E-state index is -2.78. The van der Waals surface area contributed by atoms with Gasteiger partial charge in [-0.05, 0) is 109 Å². The summed E-state index contributed by atoms with van der Waals surface area (Å²) in [4.78, 5) is 5.10. The fourth-order valence-corrected chi connectivity index (χ4v) is 15.9. The summed E-state index contributed by atoms with van der Waals surface area (Å²) in [5.74, 6) is 0. The third-order valence-corrected chi connectivity index (χ3v) is 17.8. The Morgan fingerprint density at radius 2 is 0.915 bits per heavy atom. The summed E-state index contributed by atoms with van der Waals surface area (Å²) in [6.45, 7) is 2.27. The third kappa shape index (κ3) is 4.87. The predicted octanol–water partition coefficient (Wildman–Crippen LogP) is 9.10. The molecule has 0 aliphatic carbocycles. The SMILES string of the molecule is Cc1cc2c3c(c1)N(c1ccccc1-c1ccccc1)c1cc4c(cc1B3c1ccccc1N2c1ccccc1)[Si](c1ccccc1)(c1ccccc1)c1ccccc1-4. The molecule has 3 aliphatic heterocycles. The van der Waals surface area contributed by atoms with E-state index in [9.17, 15) is 0 Å². The highest BCUT2D eigenvalue weighted by Gasteiger charge is 2.51. The van der Waals surface area contributed by atoms with Gasteiger partial charge in [-0.2, -0.15) is 0 Å². The number of rotatable bonds is 5. The molecule has 0 N–H and O–H groups in total. The van der Waals surface area contributed by atoms with Crippen LogP contribution in [0.4, 0.5) is 34.1 Å². The molecule has 0 spiro atoms. The van der Waals surface area contributed by atoms with Crippen molar-refractivity contribution >= 4 is 86.0 Å². The largest absolute Gasteiger partial charge is 0.311 e. The zero-order valence-electron chi connectivity index (χ0n) is 32.8. The molecule has 3 aliphatic rings. The van der Waals surface area contributed by atoms with Crippen molar-refractivity contribution in [3.63, 3.8) is 0 Å². The van der Waals surface area contributed by atoms with Gasteiger partial charge in [0.05, 0.1) is 5.69 Å². The van der Waals surface area contributed by atoms with Crippen LogP contribution in [-0.4, -0.2) is 14.8 Å². The molecule has 0 bridgehead atoms.